The molecule has 8 nitrogen and oxygen atoms in total. The normalized spacial score (nSPS) is 18.0. The van der Waals surface area contributed by atoms with Gasteiger partial charge in [0.2, 0.25) is 11.9 Å². The van der Waals surface area contributed by atoms with E-state index in [9.17, 15) is 5.11 Å². The molecule has 4 heterocycles. The zero-order valence-corrected chi connectivity index (χ0v) is 12.9. The molecule has 1 aliphatic heterocycles. The maximum atomic E-state index is 9.55. The Balaban J connectivity index is 1.75. The molecule has 3 aromatic heterocycles. The van der Waals surface area contributed by atoms with Gasteiger partial charge >= 0.3 is 0 Å². The molecule has 0 unspecified atom stereocenters. The molecular weight excluding hydrogens is 294 g/mol. The van der Waals surface area contributed by atoms with Crippen molar-refractivity contribution < 1.29 is 5.11 Å². The van der Waals surface area contributed by atoms with Crippen molar-refractivity contribution in [2.24, 2.45) is 7.05 Å². The van der Waals surface area contributed by atoms with E-state index in [0.717, 1.165) is 30.9 Å². The first-order chi connectivity index (χ1) is 11.2. The molecule has 0 bridgehead atoms. The second-order valence-electron chi connectivity index (χ2n) is 5.81. The minimum atomic E-state index is 0.0927. The number of nitrogens with zero attached hydrogens (tertiary/aromatic N) is 6. The van der Waals surface area contributed by atoms with Crippen molar-refractivity contribution >= 4 is 23.4 Å². The summed E-state index contributed by atoms with van der Waals surface area (Å²) in [4.78, 5) is 15.7. The molecule has 8 heteroatoms. The van der Waals surface area contributed by atoms with Crippen LogP contribution in [0.5, 0.6) is 0 Å². The van der Waals surface area contributed by atoms with Gasteiger partial charge in [0, 0.05) is 26.0 Å². The summed E-state index contributed by atoms with van der Waals surface area (Å²) in [7, 11) is 1.92. The minimum absolute atomic E-state index is 0.0927. The second kappa shape index (κ2) is 5.54. The van der Waals surface area contributed by atoms with Crippen molar-refractivity contribution in [3.63, 3.8) is 0 Å². The Morgan fingerprint density at radius 1 is 1.39 bits per heavy atom. The molecule has 1 atom stereocenters. The number of imidazole rings is 1. The molecule has 120 valence electrons. The van der Waals surface area contributed by atoms with Gasteiger partial charge in [0.15, 0.2) is 5.82 Å². The van der Waals surface area contributed by atoms with Crippen molar-refractivity contribution in [3.05, 3.63) is 30.9 Å². The maximum absolute atomic E-state index is 9.55. The van der Waals surface area contributed by atoms with E-state index in [-0.39, 0.29) is 12.6 Å². The van der Waals surface area contributed by atoms with E-state index >= 15 is 0 Å². The molecule has 0 aromatic carbocycles. The summed E-state index contributed by atoms with van der Waals surface area (Å²) in [6.45, 7) is 0.990. The standard InChI is InChI=1S/C15H19N7O/c1-20-8-12(16-10-20)17-14-19-15(18-13-5-3-7-22(13)14)21-6-2-4-11(21)9-23/h3,5,7-8,10-11,23H,2,4,6,9H2,1H3,(H,17,18,19)/t11-/m0/s1. The first-order valence-electron chi connectivity index (χ1n) is 7.72. The van der Waals surface area contributed by atoms with Crippen LogP contribution >= 0.6 is 0 Å². The highest BCUT2D eigenvalue weighted by Gasteiger charge is 2.27. The predicted molar refractivity (Wildman–Crippen MR) is 86.9 cm³/mol. The van der Waals surface area contributed by atoms with Gasteiger partial charge in [-0.1, -0.05) is 0 Å². The molecule has 0 spiro atoms. The van der Waals surface area contributed by atoms with Gasteiger partial charge < -0.3 is 19.9 Å². The van der Waals surface area contributed by atoms with Gasteiger partial charge in [0.1, 0.15) is 5.65 Å². The highest BCUT2D eigenvalue weighted by atomic mass is 16.3. The Hall–Kier alpha value is -2.61. The molecule has 4 rings (SSSR count). The van der Waals surface area contributed by atoms with Crippen LogP contribution in [0.15, 0.2) is 30.9 Å². The average molecular weight is 313 g/mol. The average Bonchev–Trinajstić information content (AvgIpc) is 3.26. The summed E-state index contributed by atoms with van der Waals surface area (Å²) in [5.74, 6) is 2.04. The lowest BCUT2D eigenvalue weighted by Crippen LogP contribution is -2.33. The van der Waals surface area contributed by atoms with Gasteiger partial charge in [-0.2, -0.15) is 9.97 Å². The number of rotatable bonds is 4. The summed E-state index contributed by atoms with van der Waals surface area (Å²) < 4.78 is 3.77. The molecule has 0 aliphatic carbocycles. The fourth-order valence-electron chi connectivity index (χ4n) is 3.02. The van der Waals surface area contributed by atoms with E-state index in [0.29, 0.717) is 11.9 Å². The van der Waals surface area contributed by atoms with E-state index in [1.165, 1.54) is 0 Å². The number of anilines is 3. The van der Waals surface area contributed by atoms with Crippen LogP contribution in [0.4, 0.5) is 17.7 Å². The third kappa shape index (κ3) is 2.50. The number of nitrogens with one attached hydrogen (secondary N) is 1. The Kier molecular flexibility index (Phi) is 3.38. The summed E-state index contributed by atoms with van der Waals surface area (Å²) in [6.07, 6.45) is 7.56. The Labute approximate surface area is 133 Å². The van der Waals surface area contributed by atoms with E-state index < -0.39 is 0 Å². The largest absolute Gasteiger partial charge is 0.394 e. The predicted octanol–water partition coefficient (Wildman–Crippen LogP) is 1.17. The number of aromatic nitrogens is 5. The van der Waals surface area contributed by atoms with Crippen LogP contribution in [0.25, 0.3) is 5.65 Å². The van der Waals surface area contributed by atoms with Gasteiger partial charge in [0.25, 0.3) is 0 Å². The van der Waals surface area contributed by atoms with Crippen LogP contribution in [0.3, 0.4) is 0 Å². The quantitative estimate of drug-likeness (QED) is 0.752. The molecule has 3 aromatic rings. The third-order valence-corrected chi connectivity index (χ3v) is 4.17. The monoisotopic (exact) mass is 313 g/mol. The Morgan fingerprint density at radius 3 is 3.09 bits per heavy atom. The number of aliphatic hydroxyl groups excluding tert-OH is 1. The second-order valence-corrected chi connectivity index (χ2v) is 5.81. The molecule has 1 fully saturated rings. The highest BCUT2D eigenvalue weighted by Crippen LogP contribution is 2.25. The van der Waals surface area contributed by atoms with Crippen LogP contribution < -0.4 is 10.2 Å². The lowest BCUT2D eigenvalue weighted by Gasteiger charge is -2.23. The van der Waals surface area contributed by atoms with Crippen molar-refractivity contribution in [2.75, 3.05) is 23.4 Å². The molecule has 0 radical (unpaired) electrons. The maximum Gasteiger partial charge on any atom is 0.230 e. The molecule has 1 aliphatic rings. The molecule has 0 amide bonds. The van der Waals surface area contributed by atoms with Crippen molar-refractivity contribution in [1.29, 1.82) is 0 Å². The summed E-state index contributed by atoms with van der Waals surface area (Å²) in [5.41, 5.74) is 0.817. The Bertz CT molecular complexity index is 824. The summed E-state index contributed by atoms with van der Waals surface area (Å²) in [5, 5.41) is 12.8. The fraction of sp³-hybridized carbons (Fsp3) is 0.400. The van der Waals surface area contributed by atoms with Gasteiger partial charge in [-0.15, -0.1) is 0 Å². The number of hydrogen-bond donors (Lipinski definition) is 2. The highest BCUT2D eigenvalue weighted by molar-refractivity contribution is 5.57. The molecule has 23 heavy (non-hydrogen) atoms. The first kappa shape index (κ1) is 14.0. The zero-order chi connectivity index (χ0) is 15.8. The van der Waals surface area contributed by atoms with Gasteiger partial charge in [-0.05, 0) is 25.0 Å². The van der Waals surface area contributed by atoms with Crippen LogP contribution in [0.1, 0.15) is 12.8 Å². The van der Waals surface area contributed by atoms with Gasteiger partial charge in [-0.3, -0.25) is 4.40 Å². The number of hydrogen-bond acceptors (Lipinski definition) is 6. The van der Waals surface area contributed by atoms with E-state index in [2.05, 4.69) is 25.2 Å². The fourth-order valence-corrected chi connectivity index (χ4v) is 3.02. The molecule has 2 N–H and O–H groups in total. The van der Waals surface area contributed by atoms with Crippen LogP contribution in [-0.2, 0) is 7.05 Å². The number of aliphatic hydroxyl groups is 1. The van der Waals surface area contributed by atoms with E-state index in [1.54, 1.807) is 6.33 Å². The number of fused-ring (bicyclic) bond motifs is 1. The zero-order valence-electron chi connectivity index (χ0n) is 12.9. The molecular formula is C15H19N7O. The van der Waals surface area contributed by atoms with Gasteiger partial charge in [0.05, 0.1) is 19.0 Å². The number of aryl methyl sites for hydroxylation is 1. The van der Waals surface area contributed by atoms with Crippen molar-refractivity contribution in [1.82, 2.24) is 23.9 Å². The molecule has 1 saturated heterocycles. The summed E-state index contributed by atoms with van der Waals surface area (Å²) >= 11 is 0. The molecule has 0 saturated carbocycles. The van der Waals surface area contributed by atoms with Crippen LogP contribution in [0.2, 0.25) is 0 Å². The van der Waals surface area contributed by atoms with Gasteiger partial charge in [-0.25, -0.2) is 4.98 Å². The van der Waals surface area contributed by atoms with Crippen molar-refractivity contribution in [3.8, 4) is 0 Å². The van der Waals surface area contributed by atoms with E-state index in [4.69, 9.17) is 0 Å². The smallest absolute Gasteiger partial charge is 0.230 e. The van der Waals surface area contributed by atoms with Crippen molar-refractivity contribution in [2.45, 2.75) is 18.9 Å². The lowest BCUT2D eigenvalue weighted by atomic mass is 10.2. The lowest BCUT2D eigenvalue weighted by molar-refractivity contribution is 0.265. The SMILES string of the molecule is Cn1cnc(Nc2nc(N3CCC[C@H]3CO)nc3cccn23)c1. The summed E-state index contributed by atoms with van der Waals surface area (Å²) in [6, 6.07) is 3.97. The van der Waals surface area contributed by atoms with E-state index in [1.807, 2.05) is 40.5 Å². The first-order valence-corrected chi connectivity index (χ1v) is 7.72. The van der Waals surface area contributed by atoms with Crippen LogP contribution in [0, 0.1) is 0 Å². The Morgan fingerprint density at radius 2 is 2.30 bits per heavy atom. The van der Waals surface area contributed by atoms with Crippen LogP contribution in [-0.4, -0.2) is 48.2 Å². The topological polar surface area (TPSA) is 83.5 Å². The third-order valence-electron chi connectivity index (χ3n) is 4.17. The minimum Gasteiger partial charge on any atom is -0.394 e.